The third-order valence-electron chi connectivity index (χ3n) is 3.36. The van der Waals surface area contributed by atoms with Crippen LogP contribution in [0.4, 0.5) is 0 Å². The van der Waals surface area contributed by atoms with Crippen LogP contribution in [0.15, 0.2) is 55.6 Å². The first-order valence-corrected chi connectivity index (χ1v) is 5.44. The van der Waals surface area contributed by atoms with Gasteiger partial charge in [0.05, 0.1) is 0 Å². The maximum absolute atomic E-state index is 3.90. The van der Waals surface area contributed by atoms with E-state index < -0.39 is 0 Å². The Bertz CT molecular complexity index is 323. The Balaban J connectivity index is 3.11. The van der Waals surface area contributed by atoms with Crippen molar-refractivity contribution >= 4 is 0 Å². The van der Waals surface area contributed by atoms with Crippen LogP contribution in [0.2, 0.25) is 0 Å². The molecule has 15 heavy (non-hydrogen) atoms. The highest BCUT2D eigenvalue weighted by Crippen LogP contribution is 2.36. The first-order valence-electron chi connectivity index (χ1n) is 5.44. The second-order valence-corrected chi connectivity index (χ2v) is 4.30. The summed E-state index contributed by atoms with van der Waals surface area (Å²) in [6, 6.07) is 10.6. The van der Waals surface area contributed by atoms with Gasteiger partial charge in [-0.15, -0.1) is 13.2 Å². The lowest BCUT2D eigenvalue weighted by Crippen LogP contribution is -2.28. The van der Waals surface area contributed by atoms with Crippen LogP contribution in [0.5, 0.6) is 0 Å². The molecular formula is C15H20. The van der Waals surface area contributed by atoms with E-state index in [1.54, 1.807) is 0 Å². The van der Waals surface area contributed by atoms with E-state index >= 15 is 0 Å². The molecule has 1 aromatic rings. The van der Waals surface area contributed by atoms with Gasteiger partial charge >= 0.3 is 0 Å². The van der Waals surface area contributed by atoms with Gasteiger partial charge in [-0.25, -0.2) is 0 Å². The Morgan fingerprint density at radius 3 is 2.33 bits per heavy atom. The van der Waals surface area contributed by atoms with Crippen LogP contribution in [-0.2, 0) is 5.41 Å². The summed E-state index contributed by atoms with van der Waals surface area (Å²) in [6.45, 7) is 12.2. The number of hydrogen-bond acceptors (Lipinski definition) is 0. The van der Waals surface area contributed by atoms with E-state index in [0.29, 0.717) is 5.92 Å². The van der Waals surface area contributed by atoms with Gasteiger partial charge in [-0.1, -0.05) is 56.3 Å². The molecule has 80 valence electrons. The van der Waals surface area contributed by atoms with Crippen molar-refractivity contribution < 1.29 is 0 Å². The van der Waals surface area contributed by atoms with E-state index in [1.807, 2.05) is 12.2 Å². The highest BCUT2D eigenvalue weighted by molar-refractivity contribution is 5.27. The fourth-order valence-corrected chi connectivity index (χ4v) is 1.95. The standard InChI is InChI=1S/C15H20/c1-5-12-15(4,13(3)6-2)14-10-8-7-9-11-14/h5-11,13H,1-2,12H2,3-4H3/t13-,15-/m1/s1. The van der Waals surface area contributed by atoms with Crippen LogP contribution in [0, 0.1) is 5.92 Å². The van der Waals surface area contributed by atoms with E-state index in [-0.39, 0.29) is 5.41 Å². The average molecular weight is 200 g/mol. The molecule has 0 spiro atoms. The molecule has 1 rings (SSSR count). The molecule has 2 atom stereocenters. The SMILES string of the molecule is C=CC[C@@](C)(c1ccccc1)[C@H](C)C=C. The van der Waals surface area contributed by atoms with Crippen LogP contribution in [-0.4, -0.2) is 0 Å². The molecule has 0 amide bonds. The minimum absolute atomic E-state index is 0.116. The second kappa shape index (κ2) is 4.97. The fraction of sp³-hybridized carbons (Fsp3) is 0.333. The first-order chi connectivity index (χ1) is 7.15. The molecule has 0 aliphatic rings. The number of allylic oxidation sites excluding steroid dienone is 2. The molecule has 0 bridgehead atoms. The molecule has 0 heteroatoms. The summed E-state index contributed by atoms with van der Waals surface area (Å²) in [4.78, 5) is 0. The first kappa shape index (κ1) is 11.8. The molecule has 0 aliphatic carbocycles. The van der Waals surface area contributed by atoms with Crippen molar-refractivity contribution in [2.75, 3.05) is 0 Å². The van der Waals surface area contributed by atoms with Crippen molar-refractivity contribution in [3.05, 3.63) is 61.2 Å². The molecule has 0 radical (unpaired) electrons. The van der Waals surface area contributed by atoms with Gasteiger partial charge in [0, 0.05) is 5.41 Å². The van der Waals surface area contributed by atoms with Gasteiger partial charge in [-0.3, -0.25) is 0 Å². The molecule has 0 saturated carbocycles. The van der Waals surface area contributed by atoms with Gasteiger partial charge in [0.25, 0.3) is 0 Å². The van der Waals surface area contributed by atoms with E-state index in [2.05, 4.69) is 57.3 Å². The summed E-state index contributed by atoms with van der Waals surface area (Å²) in [5, 5.41) is 0. The van der Waals surface area contributed by atoms with E-state index in [4.69, 9.17) is 0 Å². The van der Waals surface area contributed by atoms with Gasteiger partial charge in [-0.2, -0.15) is 0 Å². The van der Waals surface area contributed by atoms with Crippen molar-refractivity contribution in [2.24, 2.45) is 5.92 Å². The number of hydrogen-bond donors (Lipinski definition) is 0. The molecule has 0 heterocycles. The Morgan fingerprint density at radius 1 is 1.27 bits per heavy atom. The second-order valence-electron chi connectivity index (χ2n) is 4.30. The van der Waals surface area contributed by atoms with E-state index in [1.165, 1.54) is 5.56 Å². The predicted octanol–water partition coefficient (Wildman–Crippen LogP) is 4.34. The fourth-order valence-electron chi connectivity index (χ4n) is 1.95. The summed E-state index contributed by atoms with van der Waals surface area (Å²) in [5.74, 6) is 0.442. The summed E-state index contributed by atoms with van der Waals surface area (Å²) in [6.07, 6.45) is 4.99. The highest BCUT2D eigenvalue weighted by Gasteiger charge is 2.29. The Kier molecular flexibility index (Phi) is 3.90. The van der Waals surface area contributed by atoms with Crippen molar-refractivity contribution in [1.82, 2.24) is 0 Å². The van der Waals surface area contributed by atoms with Crippen molar-refractivity contribution in [3.63, 3.8) is 0 Å². The zero-order valence-corrected chi connectivity index (χ0v) is 9.74. The largest absolute Gasteiger partial charge is 0.103 e. The van der Waals surface area contributed by atoms with Crippen LogP contribution < -0.4 is 0 Å². The minimum Gasteiger partial charge on any atom is -0.103 e. The summed E-state index contributed by atoms with van der Waals surface area (Å²) in [7, 11) is 0. The monoisotopic (exact) mass is 200 g/mol. The summed E-state index contributed by atoms with van der Waals surface area (Å²) >= 11 is 0. The Labute approximate surface area is 93.3 Å². The van der Waals surface area contributed by atoms with Crippen molar-refractivity contribution in [1.29, 1.82) is 0 Å². The molecule has 0 aliphatic heterocycles. The maximum atomic E-state index is 3.90. The Morgan fingerprint density at radius 2 is 1.87 bits per heavy atom. The highest BCUT2D eigenvalue weighted by atomic mass is 14.3. The predicted molar refractivity (Wildman–Crippen MR) is 68.0 cm³/mol. The quantitative estimate of drug-likeness (QED) is 0.620. The van der Waals surface area contributed by atoms with Crippen LogP contribution in [0.3, 0.4) is 0 Å². The van der Waals surface area contributed by atoms with Crippen LogP contribution in [0.25, 0.3) is 0 Å². The normalized spacial score (nSPS) is 16.4. The lowest BCUT2D eigenvalue weighted by molar-refractivity contribution is 0.375. The van der Waals surface area contributed by atoms with Gasteiger partial charge in [-0.05, 0) is 17.9 Å². The molecule has 0 saturated heterocycles. The number of rotatable bonds is 5. The van der Waals surface area contributed by atoms with Crippen LogP contribution in [0.1, 0.15) is 25.8 Å². The molecular weight excluding hydrogens is 180 g/mol. The lowest BCUT2D eigenvalue weighted by Gasteiger charge is -2.34. The summed E-state index contributed by atoms with van der Waals surface area (Å²) < 4.78 is 0. The van der Waals surface area contributed by atoms with Gasteiger partial charge in [0.15, 0.2) is 0 Å². The van der Waals surface area contributed by atoms with Gasteiger partial charge < -0.3 is 0 Å². The number of benzene rings is 1. The van der Waals surface area contributed by atoms with Crippen molar-refractivity contribution in [3.8, 4) is 0 Å². The smallest absolute Gasteiger partial charge is 0.00190 e. The molecule has 0 unspecified atom stereocenters. The summed E-state index contributed by atoms with van der Waals surface area (Å²) in [5.41, 5.74) is 1.47. The van der Waals surface area contributed by atoms with Gasteiger partial charge in [0.1, 0.15) is 0 Å². The molecule has 1 aromatic carbocycles. The van der Waals surface area contributed by atoms with E-state index in [0.717, 1.165) is 6.42 Å². The minimum atomic E-state index is 0.116. The third-order valence-corrected chi connectivity index (χ3v) is 3.36. The molecule has 0 N–H and O–H groups in total. The maximum Gasteiger partial charge on any atom is 0.00190 e. The van der Waals surface area contributed by atoms with Gasteiger partial charge in [0.2, 0.25) is 0 Å². The van der Waals surface area contributed by atoms with Crippen molar-refractivity contribution in [2.45, 2.75) is 25.7 Å². The molecule has 0 aromatic heterocycles. The van der Waals surface area contributed by atoms with Crippen LogP contribution >= 0.6 is 0 Å². The Hall–Kier alpha value is -1.30. The topological polar surface area (TPSA) is 0 Å². The average Bonchev–Trinajstić information content (AvgIpc) is 2.29. The molecule has 0 nitrogen and oxygen atoms in total. The third kappa shape index (κ3) is 2.38. The molecule has 0 fully saturated rings. The zero-order chi connectivity index (χ0) is 11.3. The zero-order valence-electron chi connectivity index (χ0n) is 9.74. The van der Waals surface area contributed by atoms with E-state index in [9.17, 15) is 0 Å². The lowest BCUT2D eigenvalue weighted by atomic mass is 9.70.